The fourth-order valence-electron chi connectivity index (χ4n) is 4.25. The van der Waals surface area contributed by atoms with Crippen molar-refractivity contribution in [3.8, 4) is 17.2 Å². The van der Waals surface area contributed by atoms with Crippen molar-refractivity contribution in [2.75, 3.05) is 0 Å². The molecule has 0 spiro atoms. The largest absolute Gasteiger partial charge is 0.714 e. The molecular weight excluding hydrogens is 455 g/mol. The van der Waals surface area contributed by atoms with Crippen molar-refractivity contribution in [3.63, 3.8) is 0 Å². The van der Waals surface area contributed by atoms with Crippen LogP contribution in [-0.4, -0.2) is 4.89 Å². The first-order valence-corrected chi connectivity index (χ1v) is 12.8. The molecule has 170 valence electrons. The predicted molar refractivity (Wildman–Crippen MR) is 143 cm³/mol. The highest BCUT2D eigenvalue weighted by Gasteiger charge is 2.51. The Morgan fingerprint density at radius 3 is 1.00 bits per heavy atom. The second-order valence-electron chi connectivity index (χ2n) is 8.17. The molecule has 6 rings (SSSR count). The molecule has 0 radical (unpaired) electrons. The highest BCUT2D eigenvalue weighted by Crippen LogP contribution is 2.59. The zero-order valence-electron chi connectivity index (χ0n) is 18.7. The van der Waals surface area contributed by atoms with Crippen LogP contribution in [0, 0.1) is 0 Å². The van der Waals surface area contributed by atoms with Gasteiger partial charge in [0, 0.05) is 16.2 Å². The van der Waals surface area contributed by atoms with E-state index >= 15 is 0 Å². The van der Waals surface area contributed by atoms with E-state index in [-0.39, 0.29) is 0 Å². The maximum Gasteiger partial charge on any atom is 0.714 e. The summed E-state index contributed by atoms with van der Waals surface area (Å²) < 4.78 is 18.7. The van der Waals surface area contributed by atoms with Crippen molar-refractivity contribution in [1.29, 1.82) is 0 Å². The molecule has 6 aromatic rings. The van der Waals surface area contributed by atoms with E-state index in [1.807, 2.05) is 127 Å². The summed E-state index contributed by atoms with van der Waals surface area (Å²) in [5.74, 6) is 1.46. The maximum absolute atomic E-state index is 11.9. The molecule has 0 bridgehead atoms. The van der Waals surface area contributed by atoms with E-state index in [4.69, 9.17) is 13.6 Å². The van der Waals surface area contributed by atoms with Gasteiger partial charge in [0.25, 0.3) is 0 Å². The van der Waals surface area contributed by atoms with Gasteiger partial charge in [0.2, 0.25) is 0 Å². The summed E-state index contributed by atoms with van der Waals surface area (Å²) in [5.41, 5.74) is 0. The Labute approximate surface area is 203 Å². The van der Waals surface area contributed by atoms with Gasteiger partial charge >= 0.3 is 8.17 Å². The van der Waals surface area contributed by atoms with Gasteiger partial charge in [0.1, 0.15) is 0 Å². The van der Waals surface area contributed by atoms with E-state index in [0.29, 0.717) is 17.2 Å². The van der Waals surface area contributed by atoms with E-state index in [1.165, 1.54) is 0 Å². The first-order chi connectivity index (χ1) is 17.2. The summed E-state index contributed by atoms with van der Waals surface area (Å²) in [4.78, 5) is 11.9. The van der Waals surface area contributed by atoms with E-state index in [1.54, 1.807) is 0 Å². The normalized spacial score (nSPS) is 11.6. The second kappa shape index (κ2) is 8.92. The lowest BCUT2D eigenvalue weighted by Gasteiger charge is -2.18. The number of rotatable bonds is 6. The smallest absolute Gasteiger partial charge is 0.247 e. The van der Waals surface area contributed by atoms with Gasteiger partial charge in [-0.05, 0) is 34.4 Å². The third kappa shape index (κ3) is 4.26. The topological polar surface area (TPSA) is 47.9 Å². The predicted octanol–water partition coefficient (Wildman–Crippen LogP) is 8.35. The quantitative estimate of drug-likeness (QED) is 0.245. The summed E-state index contributed by atoms with van der Waals surface area (Å²) in [6.07, 6.45) is 0. The molecule has 0 aliphatic carbocycles. The summed E-state index contributed by atoms with van der Waals surface area (Å²) in [7, 11) is -3.95. The zero-order chi connectivity index (χ0) is 23.7. The Hall–Kier alpha value is -4.11. The van der Waals surface area contributed by atoms with Crippen molar-refractivity contribution >= 4 is 40.5 Å². The summed E-state index contributed by atoms with van der Waals surface area (Å²) >= 11 is 0. The fraction of sp³-hybridized carbons (Fsp3) is 0. The average Bonchev–Trinajstić information content (AvgIpc) is 2.89. The van der Waals surface area contributed by atoms with E-state index in [0.717, 1.165) is 32.3 Å². The van der Waals surface area contributed by atoms with E-state index in [9.17, 15) is 4.89 Å². The molecule has 0 saturated carbocycles. The SMILES string of the molecule is O[P+](Oc1cccc2ccccc12)(Oc1cccc2ccccc12)Oc1cccc2ccccc12. The molecule has 6 aromatic carbocycles. The second-order valence-corrected chi connectivity index (χ2v) is 9.66. The lowest BCUT2D eigenvalue weighted by atomic mass is 10.1. The first kappa shape index (κ1) is 21.4. The molecule has 0 atom stereocenters. The standard InChI is InChI=1S/C30H22O4P/c31-35(32-28-19-7-13-22-10-1-4-16-25(22)28,33-29-20-8-14-23-11-2-5-17-26(23)29)34-30-21-9-15-24-12-3-6-18-27(24)30/h1-21,31H/q+1. The monoisotopic (exact) mass is 477 g/mol. The van der Waals surface area contributed by atoms with Crippen LogP contribution in [0.3, 0.4) is 0 Å². The van der Waals surface area contributed by atoms with Crippen LogP contribution in [0.4, 0.5) is 0 Å². The van der Waals surface area contributed by atoms with Crippen LogP contribution in [0.25, 0.3) is 32.3 Å². The van der Waals surface area contributed by atoms with Crippen molar-refractivity contribution < 1.29 is 18.5 Å². The van der Waals surface area contributed by atoms with Crippen molar-refractivity contribution in [1.82, 2.24) is 0 Å². The van der Waals surface area contributed by atoms with Crippen molar-refractivity contribution in [3.05, 3.63) is 127 Å². The van der Waals surface area contributed by atoms with Crippen LogP contribution < -0.4 is 13.6 Å². The molecule has 4 nitrogen and oxygen atoms in total. The third-order valence-electron chi connectivity index (χ3n) is 5.89. The average molecular weight is 477 g/mol. The van der Waals surface area contributed by atoms with Crippen molar-refractivity contribution in [2.24, 2.45) is 0 Å². The lowest BCUT2D eigenvalue weighted by Crippen LogP contribution is -2.15. The van der Waals surface area contributed by atoms with Crippen LogP contribution in [0.5, 0.6) is 17.2 Å². The Morgan fingerprint density at radius 2 is 0.657 bits per heavy atom. The molecule has 0 aliphatic rings. The molecule has 0 amide bonds. The molecule has 0 heterocycles. The number of benzene rings is 6. The van der Waals surface area contributed by atoms with Crippen LogP contribution in [0.1, 0.15) is 0 Å². The highest BCUT2D eigenvalue weighted by atomic mass is 31.2. The zero-order valence-corrected chi connectivity index (χ0v) is 19.6. The summed E-state index contributed by atoms with van der Waals surface area (Å²) in [6, 6.07) is 40.6. The van der Waals surface area contributed by atoms with Gasteiger partial charge in [-0.2, -0.15) is 0 Å². The van der Waals surface area contributed by atoms with Crippen LogP contribution in [-0.2, 0) is 0 Å². The van der Waals surface area contributed by atoms with Gasteiger partial charge < -0.3 is 0 Å². The molecule has 0 unspecified atom stereocenters. The van der Waals surface area contributed by atoms with Gasteiger partial charge in [-0.1, -0.05) is 109 Å². The van der Waals surface area contributed by atoms with Gasteiger partial charge in [-0.25, -0.2) is 13.6 Å². The molecule has 0 aliphatic heterocycles. The Bertz CT molecular complexity index is 1450. The molecule has 35 heavy (non-hydrogen) atoms. The third-order valence-corrected chi connectivity index (χ3v) is 7.17. The summed E-state index contributed by atoms with van der Waals surface area (Å²) in [5, 5.41) is 5.55. The van der Waals surface area contributed by atoms with Gasteiger partial charge in [0.05, 0.1) is 0 Å². The minimum Gasteiger partial charge on any atom is -0.247 e. The van der Waals surface area contributed by atoms with E-state index in [2.05, 4.69) is 0 Å². The van der Waals surface area contributed by atoms with Gasteiger partial charge in [0.15, 0.2) is 17.2 Å². The lowest BCUT2D eigenvalue weighted by molar-refractivity contribution is 0.258. The van der Waals surface area contributed by atoms with Crippen LogP contribution >= 0.6 is 8.17 Å². The van der Waals surface area contributed by atoms with Gasteiger partial charge in [-0.15, -0.1) is 4.89 Å². The Kier molecular flexibility index (Phi) is 5.46. The highest BCUT2D eigenvalue weighted by molar-refractivity contribution is 7.56. The molecule has 0 fully saturated rings. The fourth-order valence-corrected chi connectivity index (χ4v) is 5.59. The minimum absolute atomic E-state index is 0.486. The van der Waals surface area contributed by atoms with E-state index < -0.39 is 8.17 Å². The van der Waals surface area contributed by atoms with Gasteiger partial charge in [-0.3, -0.25) is 0 Å². The minimum atomic E-state index is -3.95. The number of fused-ring (bicyclic) bond motifs is 3. The molecule has 0 aromatic heterocycles. The molecule has 5 heteroatoms. The first-order valence-electron chi connectivity index (χ1n) is 11.3. The number of hydrogen-bond acceptors (Lipinski definition) is 4. The number of hydrogen-bond donors (Lipinski definition) is 1. The summed E-state index contributed by atoms with van der Waals surface area (Å²) in [6.45, 7) is 0. The molecule has 1 N–H and O–H groups in total. The van der Waals surface area contributed by atoms with Crippen LogP contribution in [0.15, 0.2) is 127 Å². The Balaban J connectivity index is 1.47. The maximum atomic E-state index is 11.9. The molecule has 0 saturated heterocycles. The Morgan fingerprint density at radius 1 is 0.371 bits per heavy atom. The molecular formula is C30H22O4P+. The van der Waals surface area contributed by atoms with Crippen molar-refractivity contribution in [2.45, 2.75) is 0 Å². The van der Waals surface area contributed by atoms with Crippen LogP contribution in [0.2, 0.25) is 0 Å².